The minimum Gasteiger partial charge on any atom is -0.384 e. The first-order chi connectivity index (χ1) is 8.72. The third kappa shape index (κ3) is 2.69. The van der Waals surface area contributed by atoms with Crippen molar-refractivity contribution in [3.8, 4) is 0 Å². The van der Waals surface area contributed by atoms with Crippen molar-refractivity contribution in [3.63, 3.8) is 0 Å². The van der Waals surface area contributed by atoms with E-state index in [1.165, 1.54) is 0 Å². The molecular formula is C14H26N2O2. The van der Waals surface area contributed by atoms with Gasteiger partial charge in [0, 0.05) is 32.7 Å². The molecule has 2 atom stereocenters. The summed E-state index contributed by atoms with van der Waals surface area (Å²) in [5.41, 5.74) is -0.139. The third-order valence-electron chi connectivity index (χ3n) is 4.58. The van der Waals surface area contributed by atoms with Crippen LogP contribution in [0.5, 0.6) is 0 Å². The van der Waals surface area contributed by atoms with E-state index < -0.39 is 0 Å². The molecule has 0 aromatic heterocycles. The minimum atomic E-state index is -0.139. The Morgan fingerprint density at radius 1 is 1.56 bits per heavy atom. The number of nitrogens with one attached hydrogen (secondary N) is 1. The Balaban J connectivity index is 1.97. The van der Waals surface area contributed by atoms with Gasteiger partial charge < -0.3 is 15.0 Å². The van der Waals surface area contributed by atoms with Crippen molar-refractivity contribution < 1.29 is 9.53 Å². The number of ether oxygens (including phenoxy) is 1. The molecule has 2 aliphatic rings. The van der Waals surface area contributed by atoms with Crippen LogP contribution in [0.2, 0.25) is 0 Å². The Bertz CT molecular complexity index is 288. The van der Waals surface area contributed by atoms with E-state index in [1.807, 2.05) is 0 Å². The van der Waals surface area contributed by atoms with Crippen LogP contribution in [0.25, 0.3) is 0 Å². The number of hydrogen-bond acceptors (Lipinski definition) is 3. The highest BCUT2D eigenvalue weighted by atomic mass is 16.5. The quantitative estimate of drug-likeness (QED) is 0.821. The molecule has 4 heteroatoms. The van der Waals surface area contributed by atoms with Crippen LogP contribution in [-0.4, -0.2) is 50.7 Å². The van der Waals surface area contributed by atoms with Crippen LogP contribution in [0, 0.1) is 11.3 Å². The highest BCUT2D eigenvalue weighted by Gasteiger charge is 2.42. The Hall–Kier alpha value is -0.610. The summed E-state index contributed by atoms with van der Waals surface area (Å²) in [6.45, 7) is 6.63. The van der Waals surface area contributed by atoms with Crippen molar-refractivity contribution in [2.45, 2.75) is 32.6 Å². The van der Waals surface area contributed by atoms with E-state index in [9.17, 15) is 4.79 Å². The molecule has 18 heavy (non-hydrogen) atoms. The molecule has 1 N–H and O–H groups in total. The summed E-state index contributed by atoms with van der Waals surface area (Å²) in [6, 6.07) is 0. The van der Waals surface area contributed by atoms with Gasteiger partial charge in [-0.15, -0.1) is 0 Å². The fourth-order valence-electron chi connectivity index (χ4n) is 3.33. The van der Waals surface area contributed by atoms with E-state index in [0.717, 1.165) is 58.5 Å². The highest BCUT2D eigenvalue weighted by molar-refractivity contribution is 5.83. The van der Waals surface area contributed by atoms with Crippen molar-refractivity contribution in [3.05, 3.63) is 0 Å². The minimum absolute atomic E-state index is 0.139. The molecule has 0 aromatic carbocycles. The molecule has 104 valence electrons. The molecule has 0 bridgehead atoms. The molecule has 0 aromatic rings. The SMILES string of the molecule is CCC1(C(=O)N2CCC(COC)C2)CCCNC1. The van der Waals surface area contributed by atoms with Crippen molar-refractivity contribution in [2.24, 2.45) is 11.3 Å². The first-order valence-corrected chi connectivity index (χ1v) is 7.21. The summed E-state index contributed by atoms with van der Waals surface area (Å²) in [6.07, 6.45) is 4.20. The molecular weight excluding hydrogens is 228 g/mol. The van der Waals surface area contributed by atoms with Gasteiger partial charge >= 0.3 is 0 Å². The zero-order valence-electron chi connectivity index (χ0n) is 11.7. The van der Waals surface area contributed by atoms with Crippen molar-refractivity contribution in [1.82, 2.24) is 10.2 Å². The number of amides is 1. The smallest absolute Gasteiger partial charge is 0.230 e. The third-order valence-corrected chi connectivity index (χ3v) is 4.58. The lowest BCUT2D eigenvalue weighted by Gasteiger charge is -2.38. The van der Waals surface area contributed by atoms with Crippen molar-refractivity contribution in [1.29, 1.82) is 0 Å². The van der Waals surface area contributed by atoms with Crippen LogP contribution < -0.4 is 5.32 Å². The van der Waals surface area contributed by atoms with Gasteiger partial charge in [0.2, 0.25) is 5.91 Å². The zero-order chi connectivity index (χ0) is 13.0. The van der Waals surface area contributed by atoms with E-state index in [2.05, 4.69) is 17.1 Å². The lowest BCUT2D eigenvalue weighted by atomic mass is 9.77. The number of rotatable bonds is 4. The number of likely N-dealkylation sites (tertiary alicyclic amines) is 1. The fourth-order valence-corrected chi connectivity index (χ4v) is 3.33. The average molecular weight is 254 g/mol. The van der Waals surface area contributed by atoms with E-state index in [4.69, 9.17) is 4.74 Å². The lowest BCUT2D eigenvalue weighted by Crippen LogP contribution is -2.51. The van der Waals surface area contributed by atoms with Gasteiger partial charge in [0.25, 0.3) is 0 Å². The Labute approximate surface area is 110 Å². The Kier molecular flexibility index (Phi) is 4.62. The molecule has 2 fully saturated rings. The first-order valence-electron chi connectivity index (χ1n) is 7.21. The molecule has 0 spiro atoms. The number of hydrogen-bond donors (Lipinski definition) is 1. The van der Waals surface area contributed by atoms with Crippen molar-refractivity contribution in [2.75, 3.05) is 39.9 Å². The number of methoxy groups -OCH3 is 1. The topological polar surface area (TPSA) is 41.6 Å². The van der Waals surface area contributed by atoms with Crippen LogP contribution >= 0.6 is 0 Å². The number of nitrogens with zero attached hydrogens (tertiary/aromatic N) is 1. The first kappa shape index (κ1) is 13.8. The zero-order valence-corrected chi connectivity index (χ0v) is 11.7. The second-order valence-electron chi connectivity index (χ2n) is 5.78. The van der Waals surface area contributed by atoms with Crippen LogP contribution in [0.3, 0.4) is 0 Å². The summed E-state index contributed by atoms with van der Waals surface area (Å²) < 4.78 is 5.20. The molecule has 2 unspecified atom stereocenters. The fraction of sp³-hybridized carbons (Fsp3) is 0.929. The molecule has 2 aliphatic heterocycles. The molecule has 4 nitrogen and oxygen atoms in total. The predicted molar refractivity (Wildman–Crippen MR) is 71.4 cm³/mol. The second kappa shape index (κ2) is 6.02. The Morgan fingerprint density at radius 3 is 3.00 bits per heavy atom. The van der Waals surface area contributed by atoms with E-state index in [1.54, 1.807) is 7.11 Å². The average Bonchev–Trinajstić information content (AvgIpc) is 2.87. The van der Waals surface area contributed by atoms with Gasteiger partial charge in [-0.2, -0.15) is 0 Å². The van der Waals surface area contributed by atoms with Gasteiger partial charge in [-0.3, -0.25) is 4.79 Å². The number of carbonyl (C=O) groups is 1. The van der Waals surface area contributed by atoms with Crippen LogP contribution in [-0.2, 0) is 9.53 Å². The molecule has 1 amide bonds. The summed E-state index contributed by atoms with van der Waals surface area (Å²) >= 11 is 0. The largest absolute Gasteiger partial charge is 0.384 e. The van der Waals surface area contributed by atoms with Crippen LogP contribution in [0.4, 0.5) is 0 Å². The Morgan fingerprint density at radius 2 is 2.39 bits per heavy atom. The standard InChI is InChI=1S/C14H26N2O2/c1-3-14(6-4-7-15-11-14)13(17)16-8-5-12(9-16)10-18-2/h12,15H,3-11H2,1-2H3. The van der Waals surface area contributed by atoms with Gasteiger partial charge in [0.15, 0.2) is 0 Å². The summed E-state index contributed by atoms with van der Waals surface area (Å²) in [4.78, 5) is 14.8. The van der Waals surface area contributed by atoms with Gasteiger partial charge in [-0.1, -0.05) is 6.92 Å². The summed E-state index contributed by atoms with van der Waals surface area (Å²) in [7, 11) is 1.74. The maximum atomic E-state index is 12.7. The van der Waals surface area contributed by atoms with Gasteiger partial charge in [0.1, 0.15) is 0 Å². The lowest BCUT2D eigenvalue weighted by molar-refractivity contribution is -0.142. The molecule has 2 saturated heterocycles. The van der Waals surface area contributed by atoms with Gasteiger partial charge in [0.05, 0.1) is 12.0 Å². The van der Waals surface area contributed by atoms with E-state index in [0.29, 0.717) is 11.8 Å². The summed E-state index contributed by atoms with van der Waals surface area (Å²) in [5, 5.41) is 3.40. The molecule has 0 aliphatic carbocycles. The number of carbonyl (C=O) groups excluding carboxylic acids is 1. The van der Waals surface area contributed by atoms with Crippen LogP contribution in [0.1, 0.15) is 32.6 Å². The van der Waals surface area contributed by atoms with Gasteiger partial charge in [-0.25, -0.2) is 0 Å². The van der Waals surface area contributed by atoms with Crippen LogP contribution in [0.15, 0.2) is 0 Å². The van der Waals surface area contributed by atoms with E-state index >= 15 is 0 Å². The summed E-state index contributed by atoms with van der Waals surface area (Å²) in [5.74, 6) is 0.903. The normalized spacial score (nSPS) is 32.8. The highest BCUT2D eigenvalue weighted by Crippen LogP contribution is 2.34. The molecule has 0 radical (unpaired) electrons. The predicted octanol–water partition coefficient (Wildman–Crippen LogP) is 1.26. The number of piperidine rings is 1. The molecule has 2 heterocycles. The second-order valence-corrected chi connectivity index (χ2v) is 5.78. The molecule has 0 saturated carbocycles. The molecule has 2 rings (SSSR count). The van der Waals surface area contributed by atoms with Crippen molar-refractivity contribution >= 4 is 5.91 Å². The maximum absolute atomic E-state index is 12.7. The maximum Gasteiger partial charge on any atom is 0.230 e. The monoisotopic (exact) mass is 254 g/mol. The van der Waals surface area contributed by atoms with E-state index in [-0.39, 0.29) is 5.41 Å². The van der Waals surface area contributed by atoms with Gasteiger partial charge in [-0.05, 0) is 32.2 Å².